The fourth-order valence-electron chi connectivity index (χ4n) is 2.77. The average Bonchev–Trinajstić information content (AvgIpc) is 3.12. The van der Waals surface area contributed by atoms with Gasteiger partial charge in [-0.15, -0.1) is 0 Å². The number of carbonyl (C=O) groups is 1. The number of rotatable bonds is 5. The first-order chi connectivity index (χ1) is 8.82. The quantitative estimate of drug-likeness (QED) is 0.566. The van der Waals surface area contributed by atoms with Crippen LogP contribution < -0.4 is 0 Å². The van der Waals surface area contributed by atoms with Crippen LogP contribution in [0.5, 0.6) is 0 Å². The Morgan fingerprint density at radius 2 is 1.95 bits per heavy atom. The van der Waals surface area contributed by atoms with Crippen LogP contribution in [0.1, 0.15) is 53.9 Å². The van der Waals surface area contributed by atoms with Crippen molar-refractivity contribution < 1.29 is 14.3 Å². The second kappa shape index (κ2) is 5.43. The number of ether oxygens (including phenoxy) is 2. The van der Waals surface area contributed by atoms with Gasteiger partial charge < -0.3 is 9.47 Å². The van der Waals surface area contributed by atoms with E-state index in [-0.39, 0.29) is 17.3 Å². The van der Waals surface area contributed by atoms with Crippen LogP contribution in [0.25, 0.3) is 0 Å². The lowest BCUT2D eigenvalue weighted by Gasteiger charge is -2.34. The number of fused-ring (bicyclic) bond motifs is 1. The summed E-state index contributed by atoms with van der Waals surface area (Å²) in [6.45, 7) is 11.2. The maximum absolute atomic E-state index is 12.2. The number of hydrogen-bond acceptors (Lipinski definition) is 3. The minimum atomic E-state index is -0.0546. The van der Waals surface area contributed by atoms with Crippen LogP contribution in [0.4, 0.5) is 0 Å². The monoisotopic (exact) mass is 268 g/mol. The lowest BCUT2D eigenvalue weighted by molar-refractivity contribution is -0.154. The van der Waals surface area contributed by atoms with Crippen LogP contribution in [0.15, 0.2) is 0 Å². The molecule has 1 saturated heterocycles. The van der Waals surface area contributed by atoms with Crippen LogP contribution >= 0.6 is 0 Å². The van der Waals surface area contributed by atoms with Gasteiger partial charge in [-0.25, -0.2) is 0 Å². The molecule has 4 unspecified atom stereocenters. The normalized spacial score (nSPS) is 31.8. The molecule has 0 bridgehead atoms. The highest BCUT2D eigenvalue weighted by Gasteiger charge is 2.44. The van der Waals surface area contributed by atoms with Gasteiger partial charge in [-0.05, 0) is 36.5 Å². The minimum Gasteiger partial charge on any atom is -0.465 e. The Morgan fingerprint density at radius 1 is 1.26 bits per heavy atom. The third-order valence-corrected chi connectivity index (χ3v) is 5.53. The van der Waals surface area contributed by atoms with Gasteiger partial charge in [0.1, 0.15) is 0 Å². The smallest absolute Gasteiger partial charge is 0.309 e. The molecule has 1 aliphatic carbocycles. The molecule has 0 aromatic rings. The van der Waals surface area contributed by atoms with Crippen LogP contribution in [0, 0.1) is 23.2 Å². The summed E-state index contributed by atoms with van der Waals surface area (Å²) in [5, 5.41) is 0. The van der Waals surface area contributed by atoms with Gasteiger partial charge >= 0.3 is 5.97 Å². The average molecular weight is 268 g/mol. The van der Waals surface area contributed by atoms with E-state index in [1.807, 2.05) is 6.92 Å². The van der Waals surface area contributed by atoms with Crippen LogP contribution in [-0.2, 0) is 14.3 Å². The van der Waals surface area contributed by atoms with Crippen LogP contribution in [0.2, 0.25) is 0 Å². The summed E-state index contributed by atoms with van der Waals surface area (Å²) in [5.74, 6) is 0.867. The zero-order valence-corrected chi connectivity index (χ0v) is 12.9. The van der Waals surface area contributed by atoms with Gasteiger partial charge in [0.2, 0.25) is 0 Å². The van der Waals surface area contributed by atoms with Gasteiger partial charge in [0.05, 0.1) is 24.7 Å². The van der Waals surface area contributed by atoms with E-state index in [0.717, 1.165) is 19.3 Å². The highest BCUT2D eigenvalue weighted by atomic mass is 16.6. The van der Waals surface area contributed by atoms with Crippen LogP contribution in [0.3, 0.4) is 0 Å². The predicted molar refractivity (Wildman–Crippen MR) is 74.7 cm³/mol. The number of epoxide rings is 1. The molecule has 4 atom stereocenters. The predicted octanol–water partition coefficient (Wildman–Crippen LogP) is 3.42. The Hall–Kier alpha value is -0.570. The minimum absolute atomic E-state index is 0.0195. The summed E-state index contributed by atoms with van der Waals surface area (Å²) < 4.78 is 11.1. The van der Waals surface area contributed by atoms with E-state index in [1.165, 1.54) is 0 Å². The summed E-state index contributed by atoms with van der Waals surface area (Å²) >= 11 is 0. The van der Waals surface area contributed by atoms with Crippen molar-refractivity contribution in [2.75, 3.05) is 6.61 Å². The lowest BCUT2D eigenvalue weighted by Crippen LogP contribution is -2.35. The van der Waals surface area contributed by atoms with E-state index in [9.17, 15) is 4.79 Å². The molecular formula is C16H28O3. The Bertz CT molecular complexity index is 335. The molecule has 0 radical (unpaired) electrons. The highest BCUT2D eigenvalue weighted by Crippen LogP contribution is 2.40. The molecule has 2 rings (SSSR count). The Kier molecular flexibility index (Phi) is 4.24. The largest absolute Gasteiger partial charge is 0.465 e. The molecule has 3 nitrogen and oxygen atoms in total. The lowest BCUT2D eigenvalue weighted by atomic mass is 9.71. The zero-order chi connectivity index (χ0) is 14.2. The van der Waals surface area contributed by atoms with Crippen molar-refractivity contribution in [3.63, 3.8) is 0 Å². The summed E-state index contributed by atoms with van der Waals surface area (Å²) in [7, 11) is 0. The van der Waals surface area contributed by atoms with E-state index in [1.54, 1.807) is 0 Å². The molecule has 19 heavy (non-hydrogen) atoms. The molecule has 1 heterocycles. The molecule has 0 aromatic heterocycles. The molecule has 1 aliphatic heterocycles. The molecule has 0 N–H and O–H groups in total. The number of hydrogen-bond donors (Lipinski definition) is 0. The first kappa shape index (κ1) is 14.8. The maximum atomic E-state index is 12.2. The molecular weight excluding hydrogens is 240 g/mol. The maximum Gasteiger partial charge on any atom is 0.309 e. The van der Waals surface area contributed by atoms with Crippen molar-refractivity contribution in [1.29, 1.82) is 0 Å². The molecule has 0 spiro atoms. The van der Waals surface area contributed by atoms with Crippen molar-refractivity contribution in [1.82, 2.24) is 0 Å². The zero-order valence-electron chi connectivity index (χ0n) is 12.9. The number of esters is 1. The van der Waals surface area contributed by atoms with E-state index < -0.39 is 0 Å². The van der Waals surface area contributed by atoms with Crippen LogP contribution in [-0.4, -0.2) is 24.8 Å². The van der Waals surface area contributed by atoms with Crippen molar-refractivity contribution in [3.8, 4) is 0 Å². The van der Waals surface area contributed by atoms with Crippen molar-refractivity contribution in [3.05, 3.63) is 0 Å². The topological polar surface area (TPSA) is 38.8 Å². The van der Waals surface area contributed by atoms with Gasteiger partial charge in [0.15, 0.2) is 0 Å². The van der Waals surface area contributed by atoms with E-state index in [0.29, 0.717) is 30.7 Å². The SMILES string of the molecule is CC(C)C(C)(C)C(C)C(=O)OCC1CCC2OC2C1. The standard InChI is InChI=1S/C16H28O3/c1-10(2)16(4,5)11(3)15(17)18-9-12-6-7-13-14(8-12)19-13/h10-14H,6-9H2,1-5H3. The summed E-state index contributed by atoms with van der Waals surface area (Å²) in [4.78, 5) is 12.2. The van der Waals surface area contributed by atoms with E-state index >= 15 is 0 Å². The second-order valence-electron chi connectivity index (χ2n) is 7.22. The Labute approximate surface area is 117 Å². The number of carbonyl (C=O) groups excluding carboxylic acids is 1. The van der Waals surface area contributed by atoms with Crippen molar-refractivity contribution >= 4 is 5.97 Å². The first-order valence-electron chi connectivity index (χ1n) is 7.64. The van der Waals surface area contributed by atoms with E-state index in [4.69, 9.17) is 9.47 Å². The molecule has 2 fully saturated rings. The van der Waals surface area contributed by atoms with Crippen molar-refractivity contribution in [2.24, 2.45) is 23.2 Å². The van der Waals surface area contributed by atoms with Gasteiger partial charge in [0.25, 0.3) is 0 Å². The van der Waals surface area contributed by atoms with E-state index in [2.05, 4.69) is 27.7 Å². The van der Waals surface area contributed by atoms with Gasteiger partial charge in [-0.3, -0.25) is 4.79 Å². The molecule has 3 heteroatoms. The Balaban J connectivity index is 1.77. The highest BCUT2D eigenvalue weighted by molar-refractivity contribution is 5.73. The third-order valence-electron chi connectivity index (χ3n) is 5.53. The Morgan fingerprint density at radius 3 is 2.53 bits per heavy atom. The first-order valence-corrected chi connectivity index (χ1v) is 7.64. The van der Waals surface area contributed by atoms with Crippen molar-refractivity contribution in [2.45, 2.75) is 66.1 Å². The molecule has 2 aliphatic rings. The molecule has 0 aromatic carbocycles. The summed E-state index contributed by atoms with van der Waals surface area (Å²) in [6, 6.07) is 0. The fourth-order valence-corrected chi connectivity index (χ4v) is 2.77. The van der Waals surface area contributed by atoms with Gasteiger partial charge in [-0.1, -0.05) is 34.6 Å². The second-order valence-corrected chi connectivity index (χ2v) is 7.22. The molecule has 1 saturated carbocycles. The fraction of sp³-hybridized carbons (Fsp3) is 0.938. The van der Waals surface area contributed by atoms with Gasteiger partial charge in [-0.2, -0.15) is 0 Å². The summed E-state index contributed by atoms with van der Waals surface area (Å²) in [6.07, 6.45) is 4.32. The van der Waals surface area contributed by atoms with Gasteiger partial charge in [0, 0.05) is 0 Å². The molecule has 110 valence electrons. The third kappa shape index (κ3) is 3.31. The summed E-state index contributed by atoms with van der Waals surface area (Å²) in [5.41, 5.74) is -0.0195. The molecule has 0 amide bonds.